The number of piperazine rings is 1. The molecule has 3 aromatic rings. The van der Waals surface area contributed by atoms with E-state index in [0.717, 1.165) is 62.5 Å². The maximum atomic E-state index is 12.7. The molecule has 0 saturated carbocycles. The van der Waals surface area contributed by atoms with Crippen LogP contribution in [0, 0.1) is 0 Å². The monoisotopic (exact) mass is 377 g/mol. The Bertz CT molecular complexity index is 1010. The van der Waals surface area contributed by atoms with Crippen molar-refractivity contribution in [2.45, 2.75) is 19.5 Å². The SMILES string of the molecule is O=C(Cn1nnc2ccccc21)N1CCN(Cc2ccc3c(c2)CCO3)CC1. The van der Waals surface area contributed by atoms with Gasteiger partial charge in [0.25, 0.3) is 0 Å². The van der Waals surface area contributed by atoms with Crippen molar-refractivity contribution in [3.63, 3.8) is 0 Å². The first-order chi connectivity index (χ1) is 13.8. The van der Waals surface area contributed by atoms with E-state index in [1.54, 1.807) is 4.68 Å². The molecule has 2 aliphatic heterocycles. The summed E-state index contributed by atoms with van der Waals surface area (Å²) in [7, 11) is 0. The molecular weight excluding hydrogens is 354 g/mol. The summed E-state index contributed by atoms with van der Waals surface area (Å²) in [5, 5.41) is 8.25. The first-order valence-electron chi connectivity index (χ1n) is 9.79. The minimum Gasteiger partial charge on any atom is -0.493 e. The van der Waals surface area contributed by atoms with Gasteiger partial charge in [-0.25, -0.2) is 4.68 Å². The van der Waals surface area contributed by atoms with Crippen LogP contribution in [-0.4, -0.2) is 63.5 Å². The van der Waals surface area contributed by atoms with Crippen molar-refractivity contribution in [1.29, 1.82) is 0 Å². The van der Waals surface area contributed by atoms with E-state index < -0.39 is 0 Å². The summed E-state index contributed by atoms with van der Waals surface area (Å²) >= 11 is 0. The van der Waals surface area contributed by atoms with Gasteiger partial charge in [0, 0.05) is 39.1 Å². The Kier molecular flexibility index (Phi) is 4.44. The van der Waals surface area contributed by atoms with Gasteiger partial charge in [0.15, 0.2) is 0 Å². The first kappa shape index (κ1) is 17.2. The number of nitrogens with zero attached hydrogens (tertiary/aromatic N) is 5. The summed E-state index contributed by atoms with van der Waals surface area (Å²) in [5.74, 6) is 1.13. The van der Waals surface area contributed by atoms with Gasteiger partial charge in [-0.1, -0.05) is 29.5 Å². The molecule has 5 rings (SSSR count). The van der Waals surface area contributed by atoms with Gasteiger partial charge in [0.2, 0.25) is 5.91 Å². The summed E-state index contributed by atoms with van der Waals surface area (Å²) < 4.78 is 7.28. The topological polar surface area (TPSA) is 63.5 Å². The summed E-state index contributed by atoms with van der Waals surface area (Å²) in [5.41, 5.74) is 4.35. The van der Waals surface area contributed by atoms with Crippen LogP contribution in [0.2, 0.25) is 0 Å². The fourth-order valence-electron chi connectivity index (χ4n) is 4.01. The van der Waals surface area contributed by atoms with E-state index in [0.29, 0.717) is 0 Å². The molecule has 0 bridgehead atoms. The Morgan fingerprint density at radius 2 is 1.93 bits per heavy atom. The summed E-state index contributed by atoms with van der Waals surface area (Å²) in [6.07, 6.45) is 1.00. The predicted octanol–water partition coefficient (Wildman–Crippen LogP) is 1.71. The van der Waals surface area contributed by atoms with Crippen molar-refractivity contribution >= 4 is 16.9 Å². The molecule has 144 valence electrons. The molecule has 3 heterocycles. The Morgan fingerprint density at radius 3 is 2.82 bits per heavy atom. The maximum absolute atomic E-state index is 12.7. The van der Waals surface area contributed by atoms with Crippen LogP contribution in [0.3, 0.4) is 0 Å². The Hall–Kier alpha value is -2.93. The summed E-state index contributed by atoms with van der Waals surface area (Å²) in [6, 6.07) is 14.2. The van der Waals surface area contributed by atoms with E-state index in [9.17, 15) is 4.79 Å². The lowest BCUT2D eigenvalue weighted by atomic mass is 10.1. The van der Waals surface area contributed by atoms with E-state index in [4.69, 9.17) is 4.74 Å². The highest BCUT2D eigenvalue weighted by Crippen LogP contribution is 2.26. The fourth-order valence-corrected chi connectivity index (χ4v) is 4.01. The van der Waals surface area contributed by atoms with Crippen LogP contribution in [0.5, 0.6) is 5.75 Å². The molecule has 0 N–H and O–H groups in total. The second kappa shape index (κ2) is 7.24. The summed E-state index contributed by atoms with van der Waals surface area (Å²) in [4.78, 5) is 17.0. The Balaban J connectivity index is 1.17. The lowest BCUT2D eigenvalue weighted by molar-refractivity contribution is -0.133. The lowest BCUT2D eigenvalue weighted by Gasteiger charge is -2.34. The Labute approximate surface area is 163 Å². The zero-order chi connectivity index (χ0) is 18.9. The standard InChI is InChI=1S/C21H23N5O2/c27-21(15-26-19-4-2-1-3-18(19)22-23-26)25-10-8-24(9-11-25)14-16-5-6-20-17(13-16)7-12-28-20/h1-6,13H,7-12,14-15H2. The highest BCUT2D eigenvalue weighted by molar-refractivity contribution is 5.79. The van der Waals surface area contributed by atoms with E-state index >= 15 is 0 Å². The molecule has 1 fully saturated rings. The van der Waals surface area contributed by atoms with Crippen molar-refractivity contribution in [2.24, 2.45) is 0 Å². The van der Waals surface area contributed by atoms with Gasteiger partial charge in [-0.3, -0.25) is 9.69 Å². The molecule has 0 spiro atoms. The van der Waals surface area contributed by atoms with Gasteiger partial charge in [-0.05, 0) is 29.3 Å². The molecule has 1 aromatic heterocycles. The first-order valence-corrected chi connectivity index (χ1v) is 9.79. The van der Waals surface area contributed by atoms with Gasteiger partial charge < -0.3 is 9.64 Å². The minimum atomic E-state index is 0.102. The van der Waals surface area contributed by atoms with Crippen LogP contribution < -0.4 is 4.74 Å². The second-order valence-electron chi connectivity index (χ2n) is 7.43. The molecule has 2 aliphatic rings. The number of carbonyl (C=O) groups excluding carboxylic acids is 1. The number of carbonyl (C=O) groups is 1. The number of para-hydroxylation sites is 1. The van der Waals surface area contributed by atoms with Crippen molar-refractivity contribution in [3.05, 3.63) is 53.6 Å². The van der Waals surface area contributed by atoms with Crippen molar-refractivity contribution in [2.75, 3.05) is 32.8 Å². The van der Waals surface area contributed by atoms with Gasteiger partial charge in [-0.15, -0.1) is 5.10 Å². The average molecular weight is 377 g/mol. The van der Waals surface area contributed by atoms with Crippen LogP contribution in [0.15, 0.2) is 42.5 Å². The average Bonchev–Trinajstić information content (AvgIpc) is 3.35. The number of fused-ring (bicyclic) bond motifs is 2. The number of rotatable bonds is 4. The van der Waals surface area contributed by atoms with Gasteiger partial charge >= 0.3 is 0 Å². The number of aromatic nitrogens is 3. The van der Waals surface area contributed by atoms with Crippen molar-refractivity contribution in [1.82, 2.24) is 24.8 Å². The molecular formula is C21H23N5O2. The molecule has 0 radical (unpaired) electrons. The normalized spacial score (nSPS) is 16.9. The number of benzene rings is 2. The Morgan fingerprint density at radius 1 is 1.07 bits per heavy atom. The van der Waals surface area contributed by atoms with Crippen LogP contribution in [0.1, 0.15) is 11.1 Å². The fraction of sp³-hybridized carbons (Fsp3) is 0.381. The third-order valence-electron chi connectivity index (χ3n) is 5.59. The lowest BCUT2D eigenvalue weighted by Crippen LogP contribution is -2.49. The molecule has 0 unspecified atom stereocenters. The third kappa shape index (κ3) is 3.33. The molecule has 0 atom stereocenters. The smallest absolute Gasteiger partial charge is 0.244 e. The summed E-state index contributed by atoms with van der Waals surface area (Å²) in [6.45, 7) is 5.23. The number of ether oxygens (including phenoxy) is 1. The van der Waals surface area contributed by atoms with Gasteiger partial charge in [0.05, 0.1) is 12.1 Å². The van der Waals surface area contributed by atoms with Crippen LogP contribution in [0.25, 0.3) is 11.0 Å². The maximum Gasteiger partial charge on any atom is 0.244 e. The minimum absolute atomic E-state index is 0.102. The van der Waals surface area contributed by atoms with Crippen molar-refractivity contribution < 1.29 is 9.53 Å². The predicted molar refractivity (Wildman–Crippen MR) is 105 cm³/mol. The zero-order valence-electron chi connectivity index (χ0n) is 15.8. The zero-order valence-corrected chi connectivity index (χ0v) is 15.8. The molecule has 7 heteroatoms. The second-order valence-corrected chi connectivity index (χ2v) is 7.43. The molecule has 1 saturated heterocycles. The highest BCUT2D eigenvalue weighted by atomic mass is 16.5. The van der Waals surface area contributed by atoms with Crippen LogP contribution >= 0.6 is 0 Å². The molecule has 1 amide bonds. The molecule has 2 aromatic carbocycles. The van der Waals surface area contributed by atoms with E-state index in [1.165, 1.54) is 11.1 Å². The van der Waals surface area contributed by atoms with Crippen LogP contribution in [-0.2, 0) is 24.3 Å². The quantitative estimate of drug-likeness (QED) is 0.693. The molecule has 28 heavy (non-hydrogen) atoms. The van der Waals surface area contributed by atoms with E-state index in [2.05, 4.69) is 33.4 Å². The molecule has 0 aliphatic carbocycles. The van der Waals surface area contributed by atoms with Gasteiger partial charge in [-0.2, -0.15) is 0 Å². The largest absolute Gasteiger partial charge is 0.493 e. The van der Waals surface area contributed by atoms with Gasteiger partial charge in [0.1, 0.15) is 17.8 Å². The third-order valence-corrected chi connectivity index (χ3v) is 5.59. The number of hydrogen-bond donors (Lipinski definition) is 0. The van der Waals surface area contributed by atoms with E-state index in [-0.39, 0.29) is 12.5 Å². The van der Waals surface area contributed by atoms with Crippen molar-refractivity contribution in [3.8, 4) is 5.75 Å². The number of amides is 1. The van der Waals surface area contributed by atoms with Crippen LogP contribution in [0.4, 0.5) is 0 Å². The number of hydrogen-bond acceptors (Lipinski definition) is 5. The highest BCUT2D eigenvalue weighted by Gasteiger charge is 2.22. The molecule has 7 nitrogen and oxygen atoms in total. The van der Waals surface area contributed by atoms with E-state index in [1.807, 2.05) is 29.2 Å².